The molecule has 0 saturated heterocycles. The first-order chi connectivity index (χ1) is 10.6. The molecule has 6 heteroatoms. The van der Waals surface area contributed by atoms with Crippen LogP contribution in [-0.2, 0) is 9.59 Å². The molecule has 0 aromatic heterocycles. The van der Waals surface area contributed by atoms with Crippen LogP contribution in [0.2, 0.25) is 0 Å². The van der Waals surface area contributed by atoms with Crippen LogP contribution in [0.4, 0.5) is 5.69 Å². The van der Waals surface area contributed by atoms with E-state index in [1.807, 2.05) is 24.0 Å². The maximum atomic E-state index is 12.1. The van der Waals surface area contributed by atoms with Gasteiger partial charge in [-0.2, -0.15) is 0 Å². The minimum atomic E-state index is -0.810. The Kier molecular flexibility index (Phi) is 7.99. The molecule has 0 aliphatic carbocycles. The van der Waals surface area contributed by atoms with Crippen LogP contribution in [0.25, 0.3) is 0 Å². The minimum Gasteiger partial charge on any atom is -0.495 e. The molecule has 0 unspecified atom stereocenters. The van der Waals surface area contributed by atoms with Crippen molar-refractivity contribution in [1.29, 1.82) is 0 Å². The van der Waals surface area contributed by atoms with E-state index in [-0.39, 0.29) is 18.9 Å². The van der Waals surface area contributed by atoms with Gasteiger partial charge in [-0.1, -0.05) is 19.1 Å². The summed E-state index contributed by atoms with van der Waals surface area (Å²) in [7, 11) is 1.56. The van der Waals surface area contributed by atoms with Gasteiger partial charge in [0.25, 0.3) is 0 Å². The van der Waals surface area contributed by atoms with Gasteiger partial charge in [-0.15, -0.1) is 0 Å². The highest BCUT2D eigenvalue weighted by Gasteiger charge is 2.12. The lowest BCUT2D eigenvalue weighted by atomic mass is 10.2. The van der Waals surface area contributed by atoms with Crippen molar-refractivity contribution in [1.82, 2.24) is 4.90 Å². The first-order valence-corrected chi connectivity index (χ1v) is 7.43. The van der Waals surface area contributed by atoms with Gasteiger partial charge < -0.3 is 15.2 Å². The number of methoxy groups -OCH3 is 1. The number of nitrogens with one attached hydrogen (secondary N) is 1. The van der Waals surface area contributed by atoms with Gasteiger partial charge in [-0.25, -0.2) is 0 Å². The summed E-state index contributed by atoms with van der Waals surface area (Å²) in [6.45, 7) is 3.63. The number of aliphatic carboxylic acids is 1. The Balaban J connectivity index is 2.53. The number of benzene rings is 1. The van der Waals surface area contributed by atoms with Gasteiger partial charge in [0.2, 0.25) is 5.91 Å². The maximum Gasteiger partial charge on any atom is 0.303 e. The normalized spacial score (nSPS) is 10.5. The highest BCUT2D eigenvalue weighted by molar-refractivity contribution is 5.93. The number of hydrogen-bond acceptors (Lipinski definition) is 4. The van der Waals surface area contributed by atoms with Gasteiger partial charge >= 0.3 is 5.97 Å². The summed E-state index contributed by atoms with van der Waals surface area (Å²) in [5.41, 5.74) is 0.636. The number of ether oxygens (including phenoxy) is 1. The second-order valence-electron chi connectivity index (χ2n) is 5.02. The van der Waals surface area contributed by atoms with E-state index in [0.717, 1.165) is 13.0 Å². The van der Waals surface area contributed by atoms with E-state index in [2.05, 4.69) is 5.32 Å². The summed E-state index contributed by atoms with van der Waals surface area (Å²) in [5, 5.41) is 11.5. The molecule has 1 aromatic carbocycles. The summed E-state index contributed by atoms with van der Waals surface area (Å²) < 4.78 is 5.20. The van der Waals surface area contributed by atoms with Crippen molar-refractivity contribution in [2.45, 2.75) is 26.2 Å². The highest BCUT2D eigenvalue weighted by Crippen LogP contribution is 2.22. The van der Waals surface area contributed by atoms with Crippen molar-refractivity contribution < 1.29 is 19.4 Å². The van der Waals surface area contributed by atoms with Crippen molar-refractivity contribution in [3.8, 4) is 5.75 Å². The molecular weight excluding hydrogens is 284 g/mol. The molecule has 0 aliphatic heterocycles. The molecule has 0 aliphatic rings. The van der Waals surface area contributed by atoms with E-state index in [1.165, 1.54) is 0 Å². The van der Waals surface area contributed by atoms with E-state index in [0.29, 0.717) is 24.4 Å². The third-order valence-electron chi connectivity index (χ3n) is 3.15. The van der Waals surface area contributed by atoms with Crippen LogP contribution in [0.3, 0.4) is 0 Å². The molecule has 1 aromatic rings. The van der Waals surface area contributed by atoms with E-state index < -0.39 is 5.97 Å². The second kappa shape index (κ2) is 9.78. The largest absolute Gasteiger partial charge is 0.495 e. The third kappa shape index (κ3) is 6.58. The molecule has 122 valence electrons. The molecule has 1 amide bonds. The Morgan fingerprint density at radius 2 is 2.00 bits per heavy atom. The second-order valence-corrected chi connectivity index (χ2v) is 5.02. The summed E-state index contributed by atoms with van der Waals surface area (Å²) in [5.74, 6) is -0.327. The number of carboxylic acids is 1. The van der Waals surface area contributed by atoms with E-state index in [9.17, 15) is 9.59 Å². The Labute approximate surface area is 131 Å². The lowest BCUT2D eigenvalue weighted by molar-refractivity contribution is -0.137. The average Bonchev–Trinajstić information content (AvgIpc) is 2.47. The number of anilines is 1. The van der Waals surface area contributed by atoms with Crippen LogP contribution in [0.5, 0.6) is 5.75 Å². The highest BCUT2D eigenvalue weighted by atomic mass is 16.5. The fourth-order valence-electron chi connectivity index (χ4n) is 2.18. The lowest BCUT2D eigenvalue weighted by Crippen LogP contribution is -2.34. The van der Waals surface area contributed by atoms with E-state index in [1.54, 1.807) is 19.2 Å². The van der Waals surface area contributed by atoms with E-state index >= 15 is 0 Å². The van der Waals surface area contributed by atoms with Crippen LogP contribution in [0.15, 0.2) is 24.3 Å². The summed E-state index contributed by atoms with van der Waals surface area (Å²) in [6.07, 6.45) is 1.57. The number of nitrogens with zero attached hydrogens (tertiary/aromatic N) is 1. The number of carbonyl (C=O) groups is 2. The first kappa shape index (κ1) is 18.0. The van der Waals surface area contributed by atoms with Crippen molar-refractivity contribution in [2.75, 3.05) is 32.1 Å². The predicted octanol–water partition coefficient (Wildman–Crippen LogP) is 2.21. The fraction of sp³-hybridized carbons (Fsp3) is 0.500. The van der Waals surface area contributed by atoms with E-state index in [4.69, 9.17) is 9.84 Å². The van der Waals surface area contributed by atoms with Crippen molar-refractivity contribution >= 4 is 17.6 Å². The van der Waals surface area contributed by atoms with Crippen LogP contribution < -0.4 is 10.1 Å². The Bertz CT molecular complexity index is 491. The molecule has 0 radical (unpaired) electrons. The zero-order valence-electron chi connectivity index (χ0n) is 13.2. The Morgan fingerprint density at radius 3 is 2.64 bits per heavy atom. The maximum absolute atomic E-state index is 12.1. The van der Waals surface area contributed by atoms with Crippen LogP contribution >= 0.6 is 0 Å². The van der Waals surface area contributed by atoms with Crippen molar-refractivity contribution in [3.05, 3.63) is 24.3 Å². The number of para-hydroxylation sites is 2. The zero-order chi connectivity index (χ0) is 16.4. The van der Waals surface area contributed by atoms with Crippen molar-refractivity contribution in [3.63, 3.8) is 0 Å². The summed E-state index contributed by atoms with van der Waals surface area (Å²) in [4.78, 5) is 24.7. The van der Waals surface area contributed by atoms with Gasteiger partial charge in [-0.3, -0.25) is 14.5 Å². The average molecular weight is 308 g/mol. The summed E-state index contributed by atoms with van der Waals surface area (Å²) in [6, 6.07) is 7.23. The molecular formula is C16H24N2O4. The van der Waals surface area contributed by atoms with Gasteiger partial charge in [0.1, 0.15) is 5.75 Å². The molecule has 22 heavy (non-hydrogen) atoms. The number of carboxylic acid groups (broad SMARTS) is 1. The molecule has 2 N–H and O–H groups in total. The van der Waals surface area contributed by atoms with Gasteiger partial charge in [-0.05, 0) is 38.1 Å². The first-order valence-electron chi connectivity index (χ1n) is 7.43. The molecule has 0 saturated carbocycles. The number of rotatable bonds is 10. The smallest absolute Gasteiger partial charge is 0.303 e. The van der Waals surface area contributed by atoms with Gasteiger partial charge in [0, 0.05) is 6.42 Å². The monoisotopic (exact) mass is 308 g/mol. The fourth-order valence-corrected chi connectivity index (χ4v) is 2.18. The van der Waals surface area contributed by atoms with Crippen LogP contribution in [0, 0.1) is 0 Å². The molecule has 0 spiro atoms. The van der Waals surface area contributed by atoms with Crippen LogP contribution in [-0.4, -0.2) is 48.6 Å². The topological polar surface area (TPSA) is 78.9 Å². The SMILES string of the molecule is CCCN(CCCC(=O)O)CC(=O)Nc1ccccc1OC. The number of amides is 1. The summed E-state index contributed by atoms with van der Waals surface area (Å²) >= 11 is 0. The molecule has 0 fully saturated rings. The van der Waals surface area contributed by atoms with Crippen LogP contribution in [0.1, 0.15) is 26.2 Å². The Morgan fingerprint density at radius 1 is 1.27 bits per heavy atom. The predicted molar refractivity (Wildman–Crippen MR) is 85.2 cm³/mol. The molecule has 0 bridgehead atoms. The minimum absolute atomic E-state index is 0.119. The lowest BCUT2D eigenvalue weighted by Gasteiger charge is -2.21. The van der Waals surface area contributed by atoms with Gasteiger partial charge in [0.15, 0.2) is 0 Å². The van der Waals surface area contributed by atoms with Crippen molar-refractivity contribution in [2.24, 2.45) is 0 Å². The quantitative estimate of drug-likeness (QED) is 0.693. The Hall–Kier alpha value is -2.08. The molecule has 0 atom stereocenters. The standard InChI is InChI=1S/C16H24N2O4/c1-3-10-18(11-6-9-16(20)21)12-15(19)17-13-7-4-5-8-14(13)22-2/h4-5,7-8H,3,6,9-12H2,1-2H3,(H,17,19)(H,20,21). The molecule has 1 rings (SSSR count). The molecule has 0 heterocycles. The number of carbonyl (C=O) groups excluding carboxylic acids is 1. The zero-order valence-corrected chi connectivity index (χ0v) is 13.2. The molecule has 6 nitrogen and oxygen atoms in total. The number of hydrogen-bond donors (Lipinski definition) is 2. The third-order valence-corrected chi connectivity index (χ3v) is 3.15. The van der Waals surface area contributed by atoms with Gasteiger partial charge in [0.05, 0.1) is 19.3 Å².